The van der Waals surface area contributed by atoms with Crippen molar-refractivity contribution in [2.75, 3.05) is 52.9 Å². The van der Waals surface area contributed by atoms with E-state index in [-0.39, 0.29) is 31.9 Å². The maximum Gasteiger partial charge on any atom is 0.158 e. The second-order valence-electron chi connectivity index (χ2n) is 6.86. The minimum absolute atomic E-state index is 0. The minimum atomic E-state index is -0.709. The topological polar surface area (TPSA) is 105 Å². The van der Waals surface area contributed by atoms with Gasteiger partial charge in [-0.05, 0) is 38.5 Å². The maximum absolute atomic E-state index is 9.64. The number of hydrogen-bond acceptors (Lipinski definition) is 9. The number of aliphatic hydroxyl groups is 2. The van der Waals surface area contributed by atoms with Gasteiger partial charge in [-0.15, -0.1) is 0 Å². The van der Waals surface area contributed by atoms with E-state index >= 15 is 0 Å². The molecule has 9 nitrogen and oxygen atoms in total. The van der Waals surface area contributed by atoms with Gasteiger partial charge in [0.15, 0.2) is 12.6 Å². The molecule has 0 spiro atoms. The molecule has 2 N–H and O–H groups in total. The van der Waals surface area contributed by atoms with Crippen molar-refractivity contribution in [1.29, 1.82) is 0 Å². The van der Waals surface area contributed by atoms with Crippen LogP contribution < -0.4 is 0 Å². The molecule has 4 atom stereocenters. The Bertz CT molecular complexity index is 353. The normalized spacial score (nSPS) is 23.6. The zero-order valence-corrected chi connectivity index (χ0v) is 24.5. The van der Waals surface area contributed by atoms with Crippen LogP contribution in [0.2, 0.25) is 0 Å². The fourth-order valence-corrected chi connectivity index (χ4v) is 2.98. The van der Waals surface area contributed by atoms with Crippen LogP contribution in [0, 0.1) is 14.2 Å². The average Bonchev–Trinajstić information content (AvgIpc) is 2.76. The molecule has 30 heavy (non-hydrogen) atoms. The number of rotatable bonds is 14. The van der Waals surface area contributed by atoms with E-state index in [0.717, 1.165) is 45.1 Å². The number of hydrogen-bond donors (Lipinski definition) is 2. The molecule has 2 rings (SSSR count). The van der Waals surface area contributed by atoms with E-state index in [1.807, 2.05) is 0 Å². The summed E-state index contributed by atoms with van der Waals surface area (Å²) in [6, 6.07) is 0. The van der Waals surface area contributed by atoms with E-state index in [1.165, 1.54) is 0 Å². The van der Waals surface area contributed by atoms with Crippen molar-refractivity contribution in [3.8, 4) is 0 Å². The van der Waals surface area contributed by atoms with E-state index in [2.05, 4.69) is 19.0 Å². The van der Waals surface area contributed by atoms with Crippen LogP contribution in [0.25, 0.3) is 0 Å². The van der Waals surface area contributed by atoms with Gasteiger partial charge in [-0.2, -0.15) is 0 Å². The Balaban J connectivity index is 0.00000272. The van der Waals surface area contributed by atoms with E-state index in [4.69, 9.17) is 33.5 Å². The molecule has 0 aromatic rings. The molecule has 0 aromatic heterocycles. The molecule has 176 valence electrons. The molecular weight excluding hydrogens is 651 g/mol. The van der Waals surface area contributed by atoms with Crippen molar-refractivity contribution in [2.24, 2.45) is 0 Å². The van der Waals surface area contributed by atoms with Crippen LogP contribution in [-0.2, 0) is 33.2 Å². The van der Waals surface area contributed by atoms with Crippen LogP contribution in [0.3, 0.4) is 0 Å². The van der Waals surface area contributed by atoms with Crippen LogP contribution >= 0.6 is 0 Å². The largest absolute Gasteiger partial charge is 0.569 e. The summed E-state index contributed by atoms with van der Waals surface area (Å²) in [5, 5.41) is 16.4. The molecule has 0 radical (unpaired) electrons. The van der Waals surface area contributed by atoms with Gasteiger partial charge in [-0.1, -0.05) is 0 Å². The van der Waals surface area contributed by atoms with Gasteiger partial charge in [0.2, 0.25) is 0 Å². The summed E-state index contributed by atoms with van der Waals surface area (Å²) in [7, 11) is 5.49. The third-order valence-electron chi connectivity index (χ3n) is 4.38. The van der Waals surface area contributed by atoms with Gasteiger partial charge in [-0.3, -0.25) is 0 Å². The van der Waals surface area contributed by atoms with Gasteiger partial charge in [0, 0.05) is 19.8 Å². The molecule has 10 heteroatoms. The predicted molar refractivity (Wildman–Crippen MR) is 104 cm³/mol. The van der Waals surface area contributed by atoms with Crippen LogP contribution in [0.15, 0.2) is 0 Å². The van der Waals surface area contributed by atoms with Gasteiger partial charge in [0.1, 0.15) is 6.10 Å². The number of ether oxygens (including phenoxy) is 7. The molecule has 0 amide bonds. The number of aliphatic hydroxyl groups excluding tert-OH is 2. The molecule has 0 aliphatic carbocycles. The van der Waals surface area contributed by atoms with E-state index in [9.17, 15) is 5.11 Å². The predicted octanol–water partition coefficient (Wildman–Crippen LogP) is 1.79. The molecular formula is C20H38O9Rf-2. The Morgan fingerprint density at radius 2 is 1.47 bits per heavy atom. The van der Waals surface area contributed by atoms with Gasteiger partial charge < -0.3 is 43.4 Å². The quantitative estimate of drug-likeness (QED) is 0.209. The smallest absolute Gasteiger partial charge is 0.158 e. The summed E-state index contributed by atoms with van der Waals surface area (Å²) in [6.07, 6.45) is 4.91. The summed E-state index contributed by atoms with van der Waals surface area (Å²) >= 11 is 0. The third-order valence-corrected chi connectivity index (χ3v) is 4.38. The molecule has 2 fully saturated rings. The average molecular weight is 690 g/mol. The first-order valence-electron chi connectivity index (χ1n) is 10.3. The van der Waals surface area contributed by atoms with Crippen molar-refractivity contribution in [3.63, 3.8) is 0 Å². The summed E-state index contributed by atoms with van der Waals surface area (Å²) < 4.78 is 38.7. The molecule has 2 aliphatic rings. The first-order valence-corrected chi connectivity index (χ1v) is 10.3. The van der Waals surface area contributed by atoms with Crippen molar-refractivity contribution < 1.29 is 43.4 Å². The van der Waals surface area contributed by atoms with Crippen LogP contribution in [0.5, 0.6) is 0 Å². The van der Waals surface area contributed by atoms with Crippen LogP contribution in [-0.4, -0.2) is 87.9 Å². The fraction of sp³-hybridized carbons (Fsp3) is 0.900. The molecule has 2 saturated heterocycles. The third kappa shape index (κ3) is 13.8. The molecule has 2 heterocycles. The Hall–Kier alpha value is -1.36. The van der Waals surface area contributed by atoms with Gasteiger partial charge in [-0.25, -0.2) is 14.2 Å². The fourth-order valence-electron chi connectivity index (χ4n) is 2.98. The van der Waals surface area contributed by atoms with Gasteiger partial charge >= 0.3 is 0 Å². The Kier molecular flexibility index (Phi) is 18.7. The molecule has 4 unspecified atom stereocenters. The Morgan fingerprint density at radius 1 is 0.833 bits per heavy atom. The van der Waals surface area contributed by atoms with E-state index in [1.54, 1.807) is 0 Å². The summed E-state index contributed by atoms with van der Waals surface area (Å²) in [5.41, 5.74) is 0. The summed E-state index contributed by atoms with van der Waals surface area (Å²) in [6.45, 7) is 3.40. The zero-order valence-electron chi connectivity index (χ0n) is 18.1. The van der Waals surface area contributed by atoms with E-state index < -0.39 is 6.10 Å². The first kappa shape index (κ1) is 28.6. The second kappa shape index (κ2) is 19.6. The first-order chi connectivity index (χ1) is 14.3. The SMILES string of the molecule is [CH2-]O.[CH2-]OCC(O)COCC(COCCOC1CCCCO1)OC1CCCCO1.[Rf]. The molecule has 0 bridgehead atoms. The minimum Gasteiger partial charge on any atom is -0.569 e. The molecule has 0 saturated carbocycles. The molecule has 0 aromatic carbocycles. The standard InChI is InChI=1S/C19H35O8.CH3O.Rf/c1-21-12-16(20)13-23-15-17(27-19-7-3-5-9-25-19)14-22-10-11-26-18-6-2-4-8-24-18;1-2;/h16-20H,1-15H2;2H,1H2;/q2*-1;. The van der Waals surface area contributed by atoms with Crippen molar-refractivity contribution in [3.05, 3.63) is 14.2 Å². The van der Waals surface area contributed by atoms with E-state index in [0.29, 0.717) is 33.0 Å². The van der Waals surface area contributed by atoms with Crippen molar-refractivity contribution >= 4 is 0 Å². The summed E-state index contributed by atoms with van der Waals surface area (Å²) in [4.78, 5) is 0. The van der Waals surface area contributed by atoms with Crippen LogP contribution in [0.1, 0.15) is 38.5 Å². The monoisotopic (exact) mass is 689 g/mol. The second-order valence-corrected chi connectivity index (χ2v) is 6.86. The summed E-state index contributed by atoms with van der Waals surface area (Å²) in [5.74, 6) is 0. The van der Waals surface area contributed by atoms with Gasteiger partial charge in [0.05, 0.1) is 39.1 Å². The molecule has 2 aliphatic heterocycles. The Morgan fingerprint density at radius 3 is 2.07 bits per heavy atom. The maximum atomic E-state index is 9.64. The van der Waals surface area contributed by atoms with Crippen LogP contribution in [0.4, 0.5) is 0 Å². The van der Waals surface area contributed by atoms with Gasteiger partial charge in [0.25, 0.3) is 0 Å². The zero-order chi connectivity index (χ0) is 21.2. The van der Waals surface area contributed by atoms with Crippen molar-refractivity contribution in [1.82, 2.24) is 0 Å². The Labute approximate surface area is 174 Å². The van der Waals surface area contributed by atoms with Crippen molar-refractivity contribution in [2.45, 2.75) is 63.3 Å².